The van der Waals surface area contributed by atoms with Crippen molar-refractivity contribution in [2.24, 2.45) is 11.7 Å². The highest BCUT2D eigenvalue weighted by Crippen LogP contribution is 2.33. The van der Waals surface area contributed by atoms with Crippen LogP contribution in [-0.2, 0) is 9.59 Å². The highest BCUT2D eigenvalue weighted by molar-refractivity contribution is 5.86. The van der Waals surface area contributed by atoms with Gasteiger partial charge in [0.2, 0.25) is 5.91 Å². The zero-order valence-electron chi connectivity index (χ0n) is 11.6. The topological polar surface area (TPSA) is 96.5 Å². The van der Waals surface area contributed by atoms with Crippen LogP contribution in [0.15, 0.2) is 24.5 Å². The van der Waals surface area contributed by atoms with Gasteiger partial charge in [0.05, 0.1) is 11.5 Å². The van der Waals surface area contributed by atoms with E-state index in [4.69, 9.17) is 5.73 Å². The van der Waals surface area contributed by atoms with Gasteiger partial charge in [-0.1, -0.05) is 6.07 Å². The van der Waals surface area contributed by atoms with Crippen molar-refractivity contribution in [1.82, 2.24) is 9.88 Å². The summed E-state index contributed by atoms with van der Waals surface area (Å²) in [5.74, 6) is -1.99. The fourth-order valence-electron chi connectivity index (χ4n) is 2.56. The average Bonchev–Trinajstić information content (AvgIpc) is 2.82. The molecule has 2 rings (SSSR count). The van der Waals surface area contributed by atoms with E-state index in [1.165, 1.54) is 4.90 Å². The molecule has 1 saturated heterocycles. The number of aliphatic carboxylic acids is 1. The Balaban J connectivity index is 2.25. The van der Waals surface area contributed by atoms with Gasteiger partial charge in [0, 0.05) is 31.4 Å². The molecule has 2 heterocycles. The van der Waals surface area contributed by atoms with E-state index in [1.54, 1.807) is 32.3 Å². The number of likely N-dealkylation sites (tertiary alicyclic amines) is 1. The van der Waals surface area contributed by atoms with Crippen LogP contribution in [-0.4, -0.2) is 45.5 Å². The Kier molecular flexibility index (Phi) is 3.76. The molecule has 6 heteroatoms. The van der Waals surface area contributed by atoms with Crippen molar-refractivity contribution >= 4 is 11.9 Å². The summed E-state index contributed by atoms with van der Waals surface area (Å²) in [5, 5.41) is 9.36. The predicted molar refractivity (Wildman–Crippen MR) is 73.0 cm³/mol. The van der Waals surface area contributed by atoms with Crippen LogP contribution in [0.3, 0.4) is 0 Å². The smallest absolute Gasteiger partial charge is 0.308 e. The van der Waals surface area contributed by atoms with Crippen LogP contribution >= 0.6 is 0 Å². The number of rotatable bonds is 3. The lowest BCUT2D eigenvalue weighted by Gasteiger charge is -2.25. The number of nitrogens with zero attached hydrogens (tertiary/aromatic N) is 2. The fraction of sp³-hybridized carbons (Fsp3) is 0.500. The number of aromatic nitrogens is 1. The maximum absolute atomic E-state index is 12.2. The van der Waals surface area contributed by atoms with Gasteiger partial charge in [0.15, 0.2) is 0 Å². The number of carboxylic acids is 1. The molecule has 108 valence electrons. The third-order valence-electron chi connectivity index (χ3n) is 3.59. The maximum Gasteiger partial charge on any atom is 0.308 e. The molecule has 0 bridgehead atoms. The Morgan fingerprint density at radius 1 is 1.45 bits per heavy atom. The Hall–Kier alpha value is -1.95. The molecule has 0 unspecified atom stereocenters. The van der Waals surface area contributed by atoms with Crippen molar-refractivity contribution in [2.75, 3.05) is 13.1 Å². The second-order valence-corrected chi connectivity index (χ2v) is 5.77. The summed E-state index contributed by atoms with van der Waals surface area (Å²) in [5.41, 5.74) is 5.66. The number of hydrogen-bond donors (Lipinski definition) is 2. The molecule has 0 aliphatic carbocycles. The molecule has 0 spiro atoms. The minimum atomic E-state index is -0.993. The Labute approximate surface area is 117 Å². The van der Waals surface area contributed by atoms with E-state index in [2.05, 4.69) is 4.98 Å². The van der Waals surface area contributed by atoms with Gasteiger partial charge in [-0.3, -0.25) is 14.6 Å². The molecule has 1 aliphatic rings. The molecule has 20 heavy (non-hydrogen) atoms. The number of amides is 1. The number of carbonyl (C=O) groups is 2. The molecule has 3 N–H and O–H groups in total. The summed E-state index contributed by atoms with van der Waals surface area (Å²) in [6.45, 7) is 3.81. The molecule has 1 aromatic heterocycles. The minimum Gasteiger partial charge on any atom is -0.481 e. The van der Waals surface area contributed by atoms with Crippen molar-refractivity contribution in [3.05, 3.63) is 30.1 Å². The fourth-order valence-corrected chi connectivity index (χ4v) is 2.56. The van der Waals surface area contributed by atoms with Gasteiger partial charge in [0.1, 0.15) is 0 Å². The van der Waals surface area contributed by atoms with Crippen LogP contribution in [0.4, 0.5) is 0 Å². The molecule has 2 atom stereocenters. The van der Waals surface area contributed by atoms with Gasteiger partial charge in [-0.15, -0.1) is 0 Å². The SMILES string of the molecule is CC(C)(N)C(=O)N1C[C@@H](C(=O)O)[C@H](c2cccnc2)C1. The first kappa shape index (κ1) is 14.5. The zero-order chi connectivity index (χ0) is 14.9. The molecule has 0 radical (unpaired) electrons. The van der Waals surface area contributed by atoms with Crippen LogP contribution in [0.5, 0.6) is 0 Å². The van der Waals surface area contributed by atoms with Crippen LogP contribution in [0, 0.1) is 5.92 Å². The zero-order valence-corrected chi connectivity index (χ0v) is 11.6. The molecule has 6 nitrogen and oxygen atoms in total. The lowest BCUT2D eigenvalue weighted by atomic mass is 9.90. The third-order valence-corrected chi connectivity index (χ3v) is 3.59. The Morgan fingerprint density at radius 2 is 2.15 bits per heavy atom. The normalized spacial score (nSPS) is 22.9. The van der Waals surface area contributed by atoms with E-state index in [9.17, 15) is 14.7 Å². The van der Waals surface area contributed by atoms with Crippen molar-refractivity contribution in [1.29, 1.82) is 0 Å². The first-order valence-electron chi connectivity index (χ1n) is 6.51. The van der Waals surface area contributed by atoms with E-state index in [0.29, 0.717) is 6.54 Å². The van der Waals surface area contributed by atoms with Crippen LogP contribution < -0.4 is 5.73 Å². The molecular formula is C14H19N3O3. The number of hydrogen-bond acceptors (Lipinski definition) is 4. The molecule has 1 amide bonds. The van der Waals surface area contributed by atoms with Gasteiger partial charge < -0.3 is 15.7 Å². The lowest BCUT2D eigenvalue weighted by Crippen LogP contribution is -2.50. The monoisotopic (exact) mass is 277 g/mol. The van der Waals surface area contributed by atoms with E-state index in [1.807, 2.05) is 6.07 Å². The minimum absolute atomic E-state index is 0.189. The van der Waals surface area contributed by atoms with Gasteiger partial charge in [-0.25, -0.2) is 0 Å². The Bertz CT molecular complexity index is 510. The standard InChI is InChI=1S/C14H19N3O3/c1-14(2,15)13(20)17-7-10(11(8-17)12(18)19)9-4-3-5-16-6-9/h3-6,10-11H,7-8,15H2,1-2H3,(H,18,19)/t10-,11+/m0/s1. The van der Waals surface area contributed by atoms with Gasteiger partial charge in [0.25, 0.3) is 0 Å². The molecule has 0 aromatic carbocycles. The van der Waals surface area contributed by atoms with Crippen molar-refractivity contribution < 1.29 is 14.7 Å². The Morgan fingerprint density at radius 3 is 2.65 bits per heavy atom. The molecule has 1 aromatic rings. The van der Waals surface area contributed by atoms with Gasteiger partial charge in [-0.2, -0.15) is 0 Å². The summed E-state index contributed by atoms with van der Waals surface area (Å²) in [4.78, 5) is 29.2. The quantitative estimate of drug-likeness (QED) is 0.836. The first-order chi connectivity index (χ1) is 9.30. The second-order valence-electron chi connectivity index (χ2n) is 5.77. The van der Waals surface area contributed by atoms with Gasteiger partial charge in [-0.05, 0) is 25.5 Å². The number of pyridine rings is 1. The maximum atomic E-state index is 12.2. The highest BCUT2D eigenvalue weighted by Gasteiger charge is 2.42. The molecule has 1 aliphatic heterocycles. The summed E-state index contributed by atoms with van der Waals surface area (Å²) in [6, 6.07) is 3.61. The number of carboxylic acid groups (broad SMARTS) is 1. The van der Waals surface area contributed by atoms with Crippen molar-refractivity contribution in [3.63, 3.8) is 0 Å². The summed E-state index contributed by atoms with van der Waals surface area (Å²) in [7, 11) is 0. The number of nitrogens with two attached hydrogens (primary N) is 1. The van der Waals surface area contributed by atoms with Gasteiger partial charge >= 0.3 is 5.97 Å². The summed E-state index contributed by atoms with van der Waals surface area (Å²) < 4.78 is 0. The average molecular weight is 277 g/mol. The third kappa shape index (κ3) is 2.80. The first-order valence-corrected chi connectivity index (χ1v) is 6.51. The van der Waals surface area contributed by atoms with Crippen molar-refractivity contribution in [3.8, 4) is 0 Å². The molecular weight excluding hydrogens is 258 g/mol. The number of carbonyl (C=O) groups excluding carboxylic acids is 1. The van der Waals surface area contributed by atoms with E-state index in [0.717, 1.165) is 5.56 Å². The van der Waals surface area contributed by atoms with Crippen LogP contribution in [0.2, 0.25) is 0 Å². The molecule has 0 saturated carbocycles. The summed E-state index contributed by atoms with van der Waals surface area (Å²) >= 11 is 0. The molecule has 1 fully saturated rings. The second kappa shape index (κ2) is 5.20. The van der Waals surface area contributed by atoms with Crippen molar-refractivity contribution in [2.45, 2.75) is 25.3 Å². The van der Waals surface area contributed by atoms with E-state index >= 15 is 0 Å². The van der Waals surface area contributed by atoms with Crippen LogP contribution in [0.25, 0.3) is 0 Å². The highest BCUT2D eigenvalue weighted by atomic mass is 16.4. The predicted octanol–water partition coefficient (Wildman–Crippen LogP) is 0.446. The largest absolute Gasteiger partial charge is 0.481 e. The van der Waals surface area contributed by atoms with E-state index in [-0.39, 0.29) is 18.4 Å². The van der Waals surface area contributed by atoms with E-state index < -0.39 is 17.4 Å². The lowest BCUT2D eigenvalue weighted by molar-refractivity contribution is -0.142. The van der Waals surface area contributed by atoms with Crippen LogP contribution in [0.1, 0.15) is 25.3 Å². The summed E-state index contributed by atoms with van der Waals surface area (Å²) in [6.07, 6.45) is 3.29.